The number of benzene rings is 1. The van der Waals surface area contributed by atoms with Gasteiger partial charge in [-0.05, 0) is 49.1 Å². The minimum absolute atomic E-state index is 0.413. The van der Waals surface area contributed by atoms with Crippen molar-refractivity contribution in [3.05, 3.63) is 56.8 Å². The zero-order valence-corrected chi connectivity index (χ0v) is 12.7. The average molecular weight is 295 g/mol. The van der Waals surface area contributed by atoms with Crippen LogP contribution in [-0.4, -0.2) is 4.98 Å². The predicted molar refractivity (Wildman–Crippen MR) is 82.2 cm³/mol. The summed E-state index contributed by atoms with van der Waals surface area (Å²) in [5.74, 6) is 0. The van der Waals surface area contributed by atoms with E-state index in [1.807, 2.05) is 6.92 Å². The van der Waals surface area contributed by atoms with Gasteiger partial charge in [0.25, 0.3) is 0 Å². The van der Waals surface area contributed by atoms with Crippen LogP contribution in [0.5, 0.6) is 0 Å². The van der Waals surface area contributed by atoms with E-state index in [4.69, 9.17) is 23.2 Å². The number of nitrogens with one attached hydrogen (secondary N) is 1. The summed E-state index contributed by atoms with van der Waals surface area (Å²) in [4.78, 5) is 4.06. The molecule has 0 aliphatic heterocycles. The van der Waals surface area contributed by atoms with Crippen molar-refractivity contribution >= 4 is 28.9 Å². The van der Waals surface area contributed by atoms with E-state index in [9.17, 15) is 0 Å². The largest absolute Gasteiger partial charge is 0.378 e. The Bertz CT molecular complexity index is 566. The van der Waals surface area contributed by atoms with Crippen LogP contribution in [0.1, 0.15) is 22.3 Å². The van der Waals surface area contributed by atoms with Gasteiger partial charge < -0.3 is 5.32 Å². The topological polar surface area (TPSA) is 24.9 Å². The summed E-state index contributed by atoms with van der Waals surface area (Å²) < 4.78 is 0. The number of hydrogen-bond donors (Lipinski definition) is 1. The number of hydrogen-bond acceptors (Lipinski definition) is 2. The highest BCUT2D eigenvalue weighted by molar-refractivity contribution is 6.34. The van der Waals surface area contributed by atoms with Crippen LogP contribution in [0.3, 0.4) is 0 Å². The second-order valence-corrected chi connectivity index (χ2v) is 5.40. The van der Waals surface area contributed by atoms with E-state index in [0.29, 0.717) is 10.3 Å². The molecule has 1 heterocycles. The van der Waals surface area contributed by atoms with E-state index >= 15 is 0 Å². The maximum atomic E-state index is 6.12. The quantitative estimate of drug-likeness (QED) is 0.812. The lowest BCUT2D eigenvalue weighted by Crippen LogP contribution is -2.05. The fraction of sp³-hybridized carbons (Fsp3) is 0.267. The number of anilines is 1. The van der Waals surface area contributed by atoms with Crippen LogP contribution in [0.25, 0.3) is 0 Å². The minimum atomic E-state index is 0.413. The van der Waals surface area contributed by atoms with Gasteiger partial charge in [-0.1, -0.05) is 41.4 Å². The molecule has 0 bridgehead atoms. The van der Waals surface area contributed by atoms with E-state index in [1.165, 1.54) is 16.7 Å². The third kappa shape index (κ3) is 3.20. The molecule has 1 aromatic heterocycles. The third-order valence-electron chi connectivity index (χ3n) is 3.23. The number of pyridine rings is 1. The molecular formula is C15H16Cl2N2. The van der Waals surface area contributed by atoms with Gasteiger partial charge in [-0.3, -0.25) is 0 Å². The fourth-order valence-corrected chi connectivity index (χ4v) is 2.71. The standard InChI is InChI=1S/C15H16Cl2N2/c1-9-5-4-6-10(2)12(9)8-18-14-11(3)7-13(16)19-15(14)17/h4-7,18H,8H2,1-3H3. The lowest BCUT2D eigenvalue weighted by Gasteiger charge is -2.14. The summed E-state index contributed by atoms with van der Waals surface area (Å²) in [5, 5.41) is 4.18. The lowest BCUT2D eigenvalue weighted by molar-refractivity contribution is 1.08. The highest BCUT2D eigenvalue weighted by Gasteiger charge is 2.08. The Morgan fingerprint density at radius 3 is 2.26 bits per heavy atom. The molecule has 1 aromatic carbocycles. The molecule has 4 heteroatoms. The SMILES string of the molecule is Cc1cccc(C)c1CNc1c(C)cc(Cl)nc1Cl. The van der Waals surface area contributed by atoms with Crippen molar-refractivity contribution in [1.29, 1.82) is 0 Å². The van der Waals surface area contributed by atoms with E-state index < -0.39 is 0 Å². The van der Waals surface area contributed by atoms with Crippen LogP contribution in [-0.2, 0) is 6.54 Å². The molecule has 100 valence electrons. The summed E-state index contributed by atoms with van der Waals surface area (Å²) in [5.41, 5.74) is 5.66. The van der Waals surface area contributed by atoms with Gasteiger partial charge in [0, 0.05) is 6.54 Å². The van der Waals surface area contributed by atoms with Gasteiger partial charge in [0.05, 0.1) is 5.69 Å². The molecule has 0 fully saturated rings. The number of halogens is 2. The van der Waals surface area contributed by atoms with E-state index in [2.05, 4.69) is 42.3 Å². The Kier molecular flexibility index (Phi) is 4.33. The first-order valence-corrected chi connectivity index (χ1v) is 6.86. The second kappa shape index (κ2) is 5.81. The van der Waals surface area contributed by atoms with Crippen molar-refractivity contribution < 1.29 is 0 Å². The highest BCUT2D eigenvalue weighted by atomic mass is 35.5. The molecule has 0 aliphatic carbocycles. The van der Waals surface area contributed by atoms with Crippen molar-refractivity contribution in [1.82, 2.24) is 4.98 Å². The van der Waals surface area contributed by atoms with Gasteiger partial charge in [-0.2, -0.15) is 0 Å². The second-order valence-electron chi connectivity index (χ2n) is 4.65. The van der Waals surface area contributed by atoms with Gasteiger partial charge in [0.15, 0.2) is 5.15 Å². The van der Waals surface area contributed by atoms with Crippen molar-refractivity contribution in [2.75, 3.05) is 5.32 Å². The van der Waals surface area contributed by atoms with Crippen LogP contribution < -0.4 is 5.32 Å². The van der Waals surface area contributed by atoms with Gasteiger partial charge in [0.1, 0.15) is 5.15 Å². The molecule has 0 aliphatic rings. The number of rotatable bonds is 3. The summed E-state index contributed by atoms with van der Waals surface area (Å²) >= 11 is 12.0. The summed E-state index contributed by atoms with van der Waals surface area (Å²) in [7, 11) is 0. The molecule has 0 amide bonds. The molecule has 0 unspecified atom stereocenters. The Morgan fingerprint density at radius 2 is 1.68 bits per heavy atom. The maximum Gasteiger partial charge on any atom is 0.154 e. The molecule has 0 saturated carbocycles. The van der Waals surface area contributed by atoms with Gasteiger partial charge >= 0.3 is 0 Å². The molecule has 19 heavy (non-hydrogen) atoms. The Hall–Kier alpha value is -1.25. The summed E-state index contributed by atoms with van der Waals surface area (Å²) in [6.45, 7) is 6.91. The van der Waals surface area contributed by atoms with Crippen molar-refractivity contribution in [2.45, 2.75) is 27.3 Å². The third-order valence-corrected chi connectivity index (χ3v) is 3.69. The molecule has 1 N–H and O–H groups in total. The monoisotopic (exact) mass is 294 g/mol. The molecular weight excluding hydrogens is 279 g/mol. The molecule has 0 atom stereocenters. The summed E-state index contributed by atoms with van der Waals surface area (Å²) in [6, 6.07) is 8.09. The molecule has 0 radical (unpaired) electrons. The van der Waals surface area contributed by atoms with Crippen molar-refractivity contribution in [3.63, 3.8) is 0 Å². The predicted octanol–water partition coefficient (Wildman–Crippen LogP) is 4.93. The van der Waals surface area contributed by atoms with Crippen LogP contribution in [0, 0.1) is 20.8 Å². The first-order chi connectivity index (χ1) is 8.99. The van der Waals surface area contributed by atoms with Gasteiger partial charge in [-0.25, -0.2) is 4.98 Å². The molecule has 0 saturated heterocycles. The maximum absolute atomic E-state index is 6.12. The number of nitrogens with zero attached hydrogens (tertiary/aromatic N) is 1. The van der Waals surface area contributed by atoms with Gasteiger partial charge in [0.2, 0.25) is 0 Å². The lowest BCUT2D eigenvalue weighted by atomic mass is 10.0. The smallest absolute Gasteiger partial charge is 0.154 e. The van der Waals surface area contributed by atoms with Crippen LogP contribution >= 0.6 is 23.2 Å². The first kappa shape index (κ1) is 14.2. The minimum Gasteiger partial charge on any atom is -0.378 e. The zero-order valence-electron chi connectivity index (χ0n) is 11.2. The molecule has 2 nitrogen and oxygen atoms in total. The number of aromatic nitrogens is 1. The Balaban J connectivity index is 2.24. The Labute approximate surface area is 123 Å². The summed E-state index contributed by atoms with van der Waals surface area (Å²) in [6.07, 6.45) is 0. The average Bonchev–Trinajstić information content (AvgIpc) is 2.31. The van der Waals surface area contributed by atoms with Crippen LogP contribution in [0.15, 0.2) is 24.3 Å². The van der Waals surface area contributed by atoms with Crippen LogP contribution in [0.4, 0.5) is 5.69 Å². The van der Waals surface area contributed by atoms with Crippen LogP contribution in [0.2, 0.25) is 10.3 Å². The molecule has 2 aromatic rings. The molecule has 2 rings (SSSR count). The molecule has 0 spiro atoms. The van der Waals surface area contributed by atoms with Gasteiger partial charge in [-0.15, -0.1) is 0 Å². The Morgan fingerprint density at radius 1 is 1.05 bits per heavy atom. The zero-order chi connectivity index (χ0) is 14.0. The van der Waals surface area contributed by atoms with Crippen molar-refractivity contribution in [3.8, 4) is 0 Å². The highest BCUT2D eigenvalue weighted by Crippen LogP contribution is 2.27. The van der Waals surface area contributed by atoms with Crippen molar-refractivity contribution in [2.24, 2.45) is 0 Å². The normalized spacial score (nSPS) is 10.6. The number of aryl methyl sites for hydroxylation is 3. The van der Waals surface area contributed by atoms with E-state index in [1.54, 1.807) is 6.07 Å². The fourth-order valence-electron chi connectivity index (χ4n) is 2.11. The first-order valence-electron chi connectivity index (χ1n) is 6.10. The van der Waals surface area contributed by atoms with E-state index in [-0.39, 0.29) is 0 Å². The van der Waals surface area contributed by atoms with E-state index in [0.717, 1.165) is 17.8 Å².